The van der Waals surface area contributed by atoms with Crippen molar-refractivity contribution in [2.45, 2.75) is 45.5 Å². The van der Waals surface area contributed by atoms with Crippen LogP contribution >= 0.6 is 11.6 Å². The third-order valence-corrected chi connectivity index (χ3v) is 4.30. The number of alkyl halides is 1. The molecule has 0 bridgehead atoms. The Labute approximate surface area is 125 Å². The fourth-order valence-electron chi connectivity index (χ4n) is 2.76. The molecule has 1 aliphatic rings. The maximum absolute atomic E-state index is 12.5. The summed E-state index contributed by atoms with van der Waals surface area (Å²) < 4.78 is 1.77. The van der Waals surface area contributed by atoms with Gasteiger partial charge in [-0.15, -0.1) is 11.6 Å². The molecule has 1 aromatic heterocycles. The number of hydrogen-bond acceptors (Lipinski definition) is 3. The van der Waals surface area contributed by atoms with Gasteiger partial charge in [-0.25, -0.2) is 4.98 Å². The molecule has 0 spiro atoms. The molecular formula is C15H24ClN3O. The smallest absolute Gasteiger partial charge is 0.293 e. The molecule has 0 aromatic carbocycles. The molecule has 4 nitrogen and oxygen atoms in total. The van der Waals surface area contributed by atoms with Crippen LogP contribution in [0.3, 0.4) is 0 Å². The zero-order valence-corrected chi connectivity index (χ0v) is 13.3. The molecule has 0 aliphatic carbocycles. The Hall–Kier alpha value is -1.03. The molecule has 112 valence electrons. The average molecular weight is 298 g/mol. The lowest BCUT2D eigenvalue weighted by Crippen LogP contribution is -2.40. The van der Waals surface area contributed by atoms with Gasteiger partial charge in [-0.05, 0) is 31.6 Å². The van der Waals surface area contributed by atoms with Gasteiger partial charge in [0.1, 0.15) is 0 Å². The lowest BCUT2D eigenvalue weighted by molar-refractivity contribution is 0.397. The minimum atomic E-state index is 0.0265. The normalized spacial score (nSPS) is 18.6. The molecular weight excluding hydrogens is 274 g/mol. The van der Waals surface area contributed by atoms with Crippen LogP contribution in [0, 0.1) is 11.8 Å². The van der Waals surface area contributed by atoms with E-state index in [0.717, 1.165) is 32.5 Å². The predicted octanol–water partition coefficient (Wildman–Crippen LogP) is 2.74. The molecule has 1 saturated heterocycles. The van der Waals surface area contributed by atoms with Crippen molar-refractivity contribution in [2.24, 2.45) is 11.8 Å². The summed E-state index contributed by atoms with van der Waals surface area (Å²) in [4.78, 5) is 18.9. The summed E-state index contributed by atoms with van der Waals surface area (Å²) in [5, 5.41) is 0.207. The Bertz CT molecular complexity index is 490. The highest BCUT2D eigenvalue weighted by Gasteiger charge is 2.25. The number of halogens is 1. The van der Waals surface area contributed by atoms with Gasteiger partial charge in [0.05, 0.1) is 0 Å². The fourth-order valence-corrected chi connectivity index (χ4v) is 3.01. The van der Waals surface area contributed by atoms with Gasteiger partial charge < -0.3 is 9.47 Å². The van der Waals surface area contributed by atoms with Crippen molar-refractivity contribution in [2.75, 3.05) is 18.0 Å². The van der Waals surface area contributed by atoms with E-state index in [1.165, 1.54) is 0 Å². The summed E-state index contributed by atoms with van der Waals surface area (Å²) in [6.45, 7) is 8.76. The highest BCUT2D eigenvalue weighted by Crippen LogP contribution is 2.25. The molecule has 1 fully saturated rings. The second-order valence-electron chi connectivity index (χ2n) is 6.10. The molecule has 1 atom stereocenters. The Morgan fingerprint density at radius 2 is 2.00 bits per heavy atom. The van der Waals surface area contributed by atoms with Crippen molar-refractivity contribution in [3.05, 3.63) is 22.7 Å². The monoisotopic (exact) mass is 297 g/mol. The highest BCUT2D eigenvalue weighted by molar-refractivity contribution is 6.20. The zero-order valence-electron chi connectivity index (χ0n) is 12.6. The summed E-state index contributed by atoms with van der Waals surface area (Å²) in [7, 11) is 0. The average Bonchev–Trinajstić information content (AvgIpc) is 2.41. The van der Waals surface area contributed by atoms with Crippen molar-refractivity contribution in [1.82, 2.24) is 9.55 Å². The summed E-state index contributed by atoms with van der Waals surface area (Å²) >= 11 is 6.16. The SMILES string of the molecule is CC(C)Cn1ccnc(N2CCC(C(C)Cl)CC2)c1=O. The van der Waals surface area contributed by atoms with E-state index in [9.17, 15) is 4.79 Å². The lowest BCUT2D eigenvalue weighted by atomic mass is 9.94. The van der Waals surface area contributed by atoms with Crippen LogP contribution in [0.5, 0.6) is 0 Å². The van der Waals surface area contributed by atoms with E-state index in [4.69, 9.17) is 11.6 Å². The van der Waals surface area contributed by atoms with Gasteiger partial charge in [-0.1, -0.05) is 13.8 Å². The Balaban J connectivity index is 2.12. The van der Waals surface area contributed by atoms with Crippen LogP contribution in [0.15, 0.2) is 17.2 Å². The van der Waals surface area contributed by atoms with Gasteiger partial charge in [-0.3, -0.25) is 4.79 Å². The second-order valence-corrected chi connectivity index (χ2v) is 6.79. The molecule has 5 heteroatoms. The van der Waals surface area contributed by atoms with Crippen LogP contribution < -0.4 is 10.5 Å². The second kappa shape index (κ2) is 6.61. The first-order chi connectivity index (χ1) is 9.49. The lowest BCUT2D eigenvalue weighted by Gasteiger charge is -2.33. The Morgan fingerprint density at radius 3 is 2.55 bits per heavy atom. The van der Waals surface area contributed by atoms with Crippen molar-refractivity contribution in [3.63, 3.8) is 0 Å². The fraction of sp³-hybridized carbons (Fsp3) is 0.733. The number of nitrogens with zero attached hydrogens (tertiary/aromatic N) is 3. The van der Waals surface area contributed by atoms with E-state index in [1.807, 2.05) is 0 Å². The van der Waals surface area contributed by atoms with Crippen molar-refractivity contribution in [1.29, 1.82) is 0 Å². The molecule has 20 heavy (non-hydrogen) atoms. The molecule has 1 aliphatic heterocycles. The maximum Gasteiger partial charge on any atom is 0.293 e. The van der Waals surface area contributed by atoms with Crippen LogP contribution in [0.25, 0.3) is 0 Å². The van der Waals surface area contributed by atoms with Gasteiger partial charge in [0.15, 0.2) is 5.82 Å². The summed E-state index contributed by atoms with van der Waals surface area (Å²) in [6, 6.07) is 0. The third-order valence-electron chi connectivity index (χ3n) is 3.95. The molecule has 0 saturated carbocycles. The minimum Gasteiger partial charge on any atom is -0.352 e. The number of piperidine rings is 1. The van der Waals surface area contributed by atoms with Crippen LogP contribution in [0.4, 0.5) is 5.82 Å². The molecule has 0 radical (unpaired) electrons. The zero-order chi connectivity index (χ0) is 14.7. The van der Waals surface area contributed by atoms with E-state index in [-0.39, 0.29) is 10.9 Å². The first-order valence-electron chi connectivity index (χ1n) is 7.43. The van der Waals surface area contributed by atoms with E-state index in [2.05, 4.69) is 30.7 Å². The number of hydrogen-bond donors (Lipinski definition) is 0. The minimum absolute atomic E-state index is 0.0265. The van der Waals surface area contributed by atoms with E-state index < -0.39 is 0 Å². The van der Waals surface area contributed by atoms with Gasteiger partial charge in [0.25, 0.3) is 5.56 Å². The third kappa shape index (κ3) is 3.54. The van der Waals surface area contributed by atoms with E-state index in [0.29, 0.717) is 17.7 Å². The summed E-state index contributed by atoms with van der Waals surface area (Å²) in [6.07, 6.45) is 5.57. The van der Waals surface area contributed by atoms with Crippen LogP contribution in [-0.2, 0) is 6.54 Å². The van der Waals surface area contributed by atoms with Gasteiger partial charge in [0.2, 0.25) is 0 Å². The van der Waals surface area contributed by atoms with Crippen molar-refractivity contribution in [3.8, 4) is 0 Å². The van der Waals surface area contributed by atoms with Crippen LogP contribution in [-0.4, -0.2) is 28.0 Å². The molecule has 1 unspecified atom stereocenters. The topological polar surface area (TPSA) is 38.1 Å². The first kappa shape index (κ1) is 15.4. The largest absolute Gasteiger partial charge is 0.352 e. The van der Waals surface area contributed by atoms with Gasteiger partial charge in [0, 0.05) is 37.4 Å². The Kier molecular flexibility index (Phi) is 5.08. The van der Waals surface area contributed by atoms with Crippen molar-refractivity contribution >= 4 is 17.4 Å². The molecule has 2 heterocycles. The highest BCUT2D eigenvalue weighted by atomic mass is 35.5. The van der Waals surface area contributed by atoms with Gasteiger partial charge in [-0.2, -0.15) is 0 Å². The van der Waals surface area contributed by atoms with Gasteiger partial charge >= 0.3 is 0 Å². The Morgan fingerprint density at radius 1 is 1.35 bits per heavy atom. The molecule has 0 amide bonds. The molecule has 0 N–H and O–H groups in total. The van der Waals surface area contributed by atoms with Crippen molar-refractivity contribution < 1.29 is 0 Å². The molecule has 1 aromatic rings. The quantitative estimate of drug-likeness (QED) is 0.802. The summed E-state index contributed by atoms with van der Waals surface area (Å²) in [5.41, 5.74) is 0.0265. The number of aromatic nitrogens is 2. The first-order valence-corrected chi connectivity index (χ1v) is 7.87. The summed E-state index contributed by atoms with van der Waals surface area (Å²) in [5.74, 6) is 1.59. The van der Waals surface area contributed by atoms with Crippen LogP contribution in [0.1, 0.15) is 33.6 Å². The number of anilines is 1. The predicted molar refractivity (Wildman–Crippen MR) is 83.6 cm³/mol. The maximum atomic E-state index is 12.5. The van der Waals surface area contributed by atoms with E-state index in [1.54, 1.807) is 17.0 Å². The standard InChI is InChI=1S/C15H24ClN3O/c1-11(2)10-19-9-6-17-14(15(19)20)18-7-4-13(5-8-18)12(3)16/h6,9,11-13H,4-5,7-8,10H2,1-3H3. The number of rotatable bonds is 4. The van der Waals surface area contributed by atoms with E-state index >= 15 is 0 Å². The van der Waals surface area contributed by atoms with Crippen LogP contribution in [0.2, 0.25) is 0 Å². The molecule has 2 rings (SSSR count).